The molecule has 25 heavy (non-hydrogen) atoms. The third-order valence-corrected chi connectivity index (χ3v) is 3.17. The second-order valence-corrected chi connectivity index (χ2v) is 4.90. The number of rotatable bonds is 5. The highest BCUT2D eigenvalue weighted by Gasteiger charge is 2.46. The van der Waals surface area contributed by atoms with Crippen LogP contribution >= 0.6 is 0 Å². The molecule has 1 aromatic rings. The van der Waals surface area contributed by atoms with Crippen LogP contribution in [0, 0.1) is 0 Å². The van der Waals surface area contributed by atoms with Gasteiger partial charge in [0, 0.05) is 0 Å². The molecule has 2 rings (SSSR count). The molecule has 1 aliphatic heterocycles. The lowest BCUT2D eigenvalue weighted by molar-refractivity contribution is -0.143. The van der Waals surface area contributed by atoms with Gasteiger partial charge in [-0.2, -0.15) is 13.2 Å². The molecule has 5 amide bonds. The van der Waals surface area contributed by atoms with Gasteiger partial charge in [-0.1, -0.05) is 0 Å². The quantitative estimate of drug-likeness (QED) is 0.616. The Labute approximate surface area is 139 Å². The number of anilines is 1. The number of benzene rings is 1. The average molecular weight is 359 g/mol. The lowest BCUT2D eigenvalue weighted by atomic mass is 10.3. The van der Waals surface area contributed by atoms with Crippen molar-refractivity contribution in [3.63, 3.8) is 0 Å². The van der Waals surface area contributed by atoms with Crippen LogP contribution in [0.5, 0.6) is 5.75 Å². The molecule has 0 saturated carbocycles. The third-order valence-electron chi connectivity index (χ3n) is 3.17. The van der Waals surface area contributed by atoms with E-state index in [9.17, 15) is 32.3 Å². The number of halogens is 3. The van der Waals surface area contributed by atoms with Crippen LogP contribution in [0.2, 0.25) is 0 Å². The van der Waals surface area contributed by atoms with E-state index < -0.39 is 43.0 Å². The minimum atomic E-state index is -4.64. The van der Waals surface area contributed by atoms with Crippen molar-refractivity contribution in [1.29, 1.82) is 0 Å². The minimum absolute atomic E-state index is 0.0577. The van der Waals surface area contributed by atoms with Crippen LogP contribution in [0.25, 0.3) is 0 Å². The molecule has 1 heterocycles. The van der Waals surface area contributed by atoms with Gasteiger partial charge in [0.15, 0.2) is 0 Å². The molecule has 11 heteroatoms. The smallest absolute Gasteiger partial charge is 0.405 e. The Bertz CT molecular complexity index is 717. The van der Waals surface area contributed by atoms with Crippen LogP contribution in [0.15, 0.2) is 24.3 Å². The van der Waals surface area contributed by atoms with Crippen LogP contribution in [0.3, 0.4) is 0 Å². The first-order valence-corrected chi connectivity index (χ1v) is 6.81. The van der Waals surface area contributed by atoms with E-state index in [0.29, 0.717) is 10.6 Å². The molecule has 0 aromatic heterocycles. The Morgan fingerprint density at radius 3 is 2.24 bits per heavy atom. The van der Waals surface area contributed by atoms with Gasteiger partial charge in [0.2, 0.25) is 5.91 Å². The molecule has 0 aliphatic carbocycles. The van der Waals surface area contributed by atoms with E-state index in [0.717, 1.165) is 0 Å². The molecule has 8 nitrogen and oxygen atoms in total. The van der Waals surface area contributed by atoms with Crippen LogP contribution in [-0.2, 0) is 14.4 Å². The number of nitrogens with zero attached hydrogens (tertiary/aromatic N) is 2. The summed E-state index contributed by atoms with van der Waals surface area (Å²) in [5, 5.41) is 1.52. The predicted octanol–water partition coefficient (Wildman–Crippen LogP) is 0.669. The zero-order valence-corrected chi connectivity index (χ0v) is 12.8. The molecular weight excluding hydrogens is 347 g/mol. The van der Waals surface area contributed by atoms with Gasteiger partial charge in [-0.15, -0.1) is 0 Å². The van der Waals surface area contributed by atoms with Crippen molar-refractivity contribution in [3.8, 4) is 5.75 Å². The number of alkyl halides is 3. The van der Waals surface area contributed by atoms with Crippen LogP contribution in [0.4, 0.5) is 23.7 Å². The summed E-state index contributed by atoms with van der Waals surface area (Å²) >= 11 is 0. The van der Waals surface area contributed by atoms with E-state index >= 15 is 0 Å². The number of carbonyl (C=O) groups is 4. The van der Waals surface area contributed by atoms with Crippen molar-refractivity contribution in [3.05, 3.63) is 24.3 Å². The van der Waals surface area contributed by atoms with Crippen molar-refractivity contribution < 1.29 is 37.1 Å². The molecule has 1 aromatic carbocycles. The maximum absolute atomic E-state index is 12.2. The van der Waals surface area contributed by atoms with Gasteiger partial charge in [-0.05, 0) is 24.3 Å². The summed E-state index contributed by atoms with van der Waals surface area (Å²) in [5.41, 5.74) is 0.0577. The summed E-state index contributed by atoms with van der Waals surface area (Å²) in [6.45, 7) is -2.61. The molecule has 0 spiro atoms. The number of urea groups is 1. The Kier molecular flexibility index (Phi) is 4.95. The number of amides is 5. The van der Waals surface area contributed by atoms with E-state index in [1.54, 1.807) is 0 Å². The van der Waals surface area contributed by atoms with Gasteiger partial charge < -0.3 is 10.1 Å². The highest BCUT2D eigenvalue weighted by molar-refractivity contribution is 6.53. The second-order valence-electron chi connectivity index (χ2n) is 4.90. The fourth-order valence-electron chi connectivity index (χ4n) is 2.00. The topological polar surface area (TPSA) is 96.0 Å². The van der Waals surface area contributed by atoms with Gasteiger partial charge >= 0.3 is 24.0 Å². The minimum Gasteiger partial charge on any atom is -0.497 e. The Hall–Kier alpha value is -3.11. The molecular formula is C14H12F3N3O5. The van der Waals surface area contributed by atoms with E-state index in [1.807, 2.05) is 0 Å². The number of ether oxygens (including phenoxy) is 1. The predicted molar refractivity (Wildman–Crippen MR) is 76.7 cm³/mol. The van der Waals surface area contributed by atoms with Gasteiger partial charge in [-0.25, -0.2) is 14.6 Å². The summed E-state index contributed by atoms with van der Waals surface area (Å²) in [7, 11) is 1.41. The largest absolute Gasteiger partial charge is 0.497 e. The Balaban J connectivity index is 2.11. The molecule has 1 fully saturated rings. The monoisotopic (exact) mass is 359 g/mol. The first-order valence-electron chi connectivity index (χ1n) is 6.81. The zero-order valence-electron chi connectivity index (χ0n) is 12.8. The number of nitrogens with one attached hydrogen (secondary N) is 1. The van der Waals surface area contributed by atoms with E-state index in [-0.39, 0.29) is 10.6 Å². The maximum atomic E-state index is 12.2. The average Bonchev–Trinajstić information content (AvgIpc) is 2.76. The van der Waals surface area contributed by atoms with Crippen LogP contribution in [-0.4, -0.2) is 55.0 Å². The van der Waals surface area contributed by atoms with Gasteiger partial charge in [-0.3, -0.25) is 14.4 Å². The first-order chi connectivity index (χ1) is 11.6. The summed E-state index contributed by atoms with van der Waals surface area (Å²) < 4.78 is 41.1. The Morgan fingerprint density at radius 1 is 1.12 bits per heavy atom. The van der Waals surface area contributed by atoms with Crippen molar-refractivity contribution in [2.24, 2.45) is 0 Å². The SMILES string of the molecule is COc1ccc(N2C(=O)C(=O)N(CC(=O)NCC(F)(F)F)C2=O)cc1. The van der Waals surface area contributed by atoms with Crippen molar-refractivity contribution >= 4 is 29.4 Å². The second kappa shape index (κ2) is 6.79. The fraction of sp³-hybridized carbons (Fsp3) is 0.286. The van der Waals surface area contributed by atoms with Crippen LogP contribution < -0.4 is 15.0 Å². The van der Waals surface area contributed by atoms with E-state index in [4.69, 9.17) is 4.74 Å². The van der Waals surface area contributed by atoms with Gasteiger partial charge in [0.25, 0.3) is 0 Å². The van der Waals surface area contributed by atoms with E-state index in [1.165, 1.54) is 36.7 Å². The van der Waals surface area contributed by atoms with Crippen molar-refractivity contribution in [2.75, 3.05) is 25.1 Å². The van der Waals surface area contributed by atoms with Gasteiger partial charge in [0.05, 0.1) is 12.8 Å². The summed E-state index contributed by atoms with van der Waals surface area (Å²) in [4.78, 5) is 48.3. The molecule has 0 bridgehead atoms. The van der Waals surface area contributed by atoms with E-state index in [2.05, 4.69) is 0 Å². The zero-order chi connectivity index (χ0) is 18.8. The Morgan fingerprint density at radius 2 is 1.72 bits per heavy atom. The molecule has 0 unspecified atom stereocenters. The standard InChI is InChI=1S/C14H12F3N3O5/c1-25-9-4-2-8(3-5-9)20-12(23)11(22)19(13(20)24)6-10(21)18-7-14(15,16)17/h2-5H,6-7H2,1H3,(H,18,21). The first kappa shape index (κ1) is 18.2. The summed E-state index contributed by atoms with van der Waals surface area (Å²) in [6.07, 6.45) is -4.64. The van der Waals surface area contributed by atoms with Crippen LogP contribution in [0.1, 0.15) is 0 Å². The van der Waals surface area contributed by atoms with Crippen molar-refractivity contribution in [2.45, 2.75) is 6.18 Å². The molecule has 134 valence electrons. The molecule has 1 saturated heterocycles. The number of hydrogen-bond donors (Lipinski definition) is 1. The third kappa shape index (κ3) is 4.05. The summed E-state index contributed by atoms with van der Waals surface area (Å²) in [5.74, 6) is -3.29. The summed E-state index contributed by atoms with van der Waals surface area (Å²) in [6, 6.07) is 4.45. The lowest BCUT2D eigenvalue weighted by Crippen LogP contribution is -2.43. The fourth-order valence-corrected chi connectivity index (χ4v) is 2.00. The van der Waals surface area contributed by atoms with Gasteiger partial charge in [0.1, 0.15) is 18.8 Å². The highest BCUT2D eigenvalue weighted by Crippen LogP contribution is 2.24. The number of carbonyl (C=O) groups excluding carboxylic acids is 4. The molecule has 1 N–H and O–H groups in total. The maximum Gasteiger partial charge on any atom is 0.405 e. The lowest BCUT2D eigenvalue weighted by Gasteiger charge is -2.16. The highest BCUT2D eigenvalue weighted by atomic mass is 19.4. The number of hydrogen-bond acceptors (Lipinski definition) is 5. The molecule has 1 aliphatic rings. The number of imide groups is 2. The normalized spacial score (nSPS) is 15.0. The number of methoxy groups -OCH3 is 1. The molecule has 0 radical (unpaired) electrons. The van der Waals surface area contributed by atoms with Crippen molar-refractivity contribution in [1.82, 2.24) is 10.2 Å². The molecule has 0 atom stereocenters.